The first-order valence-electron chi connectivity index (χ1n) is 3.72. The van der Waals surface area contributed by atoms with Crippen LogP contribution in [-0.2, 0) is 0 Å². The highest BCUT2D eigenvalue weighted by atomic mass is 35.7. The van der Waals surface area contributed by atoms with E-state index in [0.717, 1.165) is 16.5 Å². The summed E-state index contributed by atoms with van der Waals surface area (Å²) < 4.78 is 0. The third-order valence-electron chi connectivity index (χ3n) is 1.56. The van der Waals surface area contributed by atoms with E-state index >= 15 is 0 Å². The van der Waals surface area contributed by atoms with Crippen molar-refractivity contribution in [3.8, 4) is 12.1 Å². The van der Waals surface area contributed by atoms with Crippen molar-refractivity contribution in [1.29, 1.82) is 10.5 Å². The van der Waals surface area contributed by atoms with Crippen molar-refractivity contribution >= 4 is 26.6 Å². The number of hydrogen-bond acceptors (Lipinski definition) is 3. The van der Waals surface area contributed by atoms with E-state index in [2.05, 4.69) is 0 Å². The normalized spacial score (nSPS) is 8.50. The maximum atomic E-state index is 8.69. The second-order valence-electron chi connectivity index (χ2n) is 2.37. The van der Waals surface area contributed by atoms with E-state index in [1.807, 2.05) is 30.3 Å². The molecule has 0 aromatic heterocycles. The van der Waals surface area contributed by atoms with Crippen molar-refractivity contribution in [3.05, 3.63) is 41.5 Å². The molecule has 0 amide bonds. The zero-order valence-corrected chi connectivity index (χ0v) is 8.64. The van der Waals surface area contributed by atoms with Crippen LogP contribution < -0.4 is 0 Å². The predicted molar refractivity (Wildman–Crippen MR) is 58.0 cm³/mol. The molecule has 0 aliphatic carbocycles. The van der Waals surface area contributed by atoms with Gasteiger partial charge >= 0.3 is 0 Å². The lowest BCUT2D eigenvalue weighted by Crippen LogP contribution is -1.82. The molecule has 68 valence electrons. The van der Waals surface area contributed by atoms with Gasteiger partial charge in [0.25, 0.3) is 0 Å². The number of hydrogen-bond donors (Lipinski definition) is 0. The molecule has 0 fully saturated rings. The Hall–Kier alpha value is -1.42. The van der Waals surface area contributed by atoms with Crippen LogP contribution in [0.15, 0.2) is 35.9 Å². The van der Waals surface area contributed by atoms with Gasteiger partial charge in [0.05, 0.1) is 4.91 Å². The zero-order valence-electron chi connectivity index (χ0n) is 7.07. The summed E-state index contributed by atoms with van der Waals surface area (Å²) in [5, 5.41) is 17.4. The molecule has 4 heteroatoms. The molecule has 0 aliphatic rings. The molecule has 0 spiro atoms. The fourth-order valence-electron chi connectivity index (χ4n) is 0.944. The van der Waals surface area contributed by atoms with Crippen molar-refractivity contribution in [2.45, 2.75) is 0 Å². The van der Waals surface area contributed by atoms with Crippen molar-refractivity contribution in [1.82, 2.24) is 0 Å². The summed E-state index contributed by atoms with van der Waals surface area (Å²) in [5.74, 6) is 0. The topological polar surface area (TPSA) is 47.6 Å². The van der Waals surface area contributed by atoms with Gasteiger partial charge in [-0.2, -0.15) is 10.5 Å². The van der Waals surface area contributed by atoms with Crippen molar-refractivity contribution in [3.63, 3.8) is 0 Å². The summed E-state index contributed by atoms with van der Waals surface area (Å²) in [7, 11) is 6.50. The molecule has 0 atom stereocenters. The fourth-order valence-corrected chi connectivity index (χ4v) is 1.84. The number of nitriles is 2. The highest BCUT2D eigenvalue weighted by Gasteiger charge is 2.08. The maximum Gasteiger partial charge on any atom is 0.145 e. The molecule has 0 saturated carbocycles. The summed E-state index contributed by atoms with van der Waals surface area (Å²) >= 11 is 0. The summed E-state index contributed by atoms with van der Waals surface area (Å²) in [6, 6.07) is 12.8. The lowest BCUT2D eigenvalue weighted by Gasteiger charge is -2.01. The second kappa shape index (κ2) is 5.34. The number of halogens is 1. The third-order valence-corrected chi connectivity index (χ3v) is 2.62. The van der Waals surface area contributed by atoms with E-state index in [1.165, 1.54) is 0 Å². The Labute approximate surface area is 90.9 Å². The molecular weight excluding hydrogens is 216 g/mol. The van der Waals surface area contributed by atoms with Gasteiger partial charge < -0.3 is 0 Å². The van der Waals surface area contributed by atoms with E-state index < -0.39 is 0 Å². The molecule has 0 bridgehead atoms. The lowest BCUT2D eigenvalue weighted by molar-refractivity contribution is 1.47. The first-order chi connectivity index (χ1) is 6.83. The zero-order chi connectivity index (χ0) is 10.4. The number of rotatable bonds is 2. The van der Waals surface area contributed by atoms with Gasteiger partial charge in [0.15, 0.2) is 0 Å². The Morgan fingerprint density at radius 3 is 2.14 bits per heavy atom. The van der Waals surface area contributed by atoms with E-state index in [4.69, 9.17) is 21.2 Å². The molecule has 14 heavy (non-hydrogen) atoms. The molecule has 1 rings (SSSR count). The minimum atomic E-state index is 0.0381. The van der Waals surface area contributed by atoms with Crippen LogP contribution in [0.1, 0.15) is 5.56 Å². The highest BCUT2D eigenvalue weighted by Crippen LogP contribution is 2.33. The van der Waals surface area contributed by atoms with Gasteiger partial charge in [-0.25, -0.2) is 0 Å². The molecule has 0 unspecified atom stereocenters. The monoisotopic (exact) mass is 220 g/mol. The van der Waals surface area contributed by atoms with Crippen LogP contribution in [0.2, 0.25) is 0 Å². The van der Waals surface area contributed by atoms with E-state index in [9.17, 15) is 0 Å². The first kappa shape index (κ1) is 10.7. The number of allylic oxidation sites excluding steroid dienone is 1. The molecule has 0 aliphatic heterocycles. The molecule has 0 radical (unpaired) electrons. The number of benzene rings is 1. The van der Waals surface area contributed by atoms with Crippen molar-refractivity contribution in [2.24, 2.45) is 0 Å². The van der Waals surface area contributed by atoms with E-state index in [0.29, 0.717) is 4.91 Å². The molecule has 1 aromatic rings. The lowest BCUT2D eigenvalue weighted by atomic mass is 10.1. The minimum absolute atomic E-state index is 0.0381. The van der Waals surface area contributed by atoms with Crippen LogP contribution in [0.4, 0.5) is 0 Å². The van der Waals surface area contributed by atoms with Gasteiger partial charge in [-0.1, -0.05) is 30.3 Å². The van der Waals surface area contributed by atoms with Crippen LogP contribution in [0.5, 0.6) is 0 Å². The minimum Gasteiger partial charge on any atom is -0.192 e. The summed E-state index contributed by atoms with van der Waals surface area (Å²) in [6.45, 7) is 0. The molecule has 0 N–H and O–H groups in total. The van der Waals surface area contributed by atoms with Gasteiger partial charge in [-0.3, -0.25) is 0 Å². The van der Waals surface area contributed by atoms with Gasteiger partial charge in [0, 0.05) is 0 Å². The van der Waals surface area contributed by atoms with Crippen LogP contribution in [0, 0.1) is 22.7 Å². The summed E-state index contributed by atoms with van der Waals surface area (Å²) in [5.41, 5.74) is 0.821. The van der Waals surface area contributed by atoms with Crippen LogP contribution in [0.25, 0.3) is 4.91 Å². The molecule has 0 saturated heterocycles. The Balaban J connectivity index is 3.26. The van der Waals surface area contributed by atoms with Gasteiger partial charge in [0.2, 0.25) is 0 Å². The van der Waals surface area contributed by atoms with Gasteiger partial charge in [-0.05, 0) is 27.2 Å². The largest absolute Gasteiger partial charge is 0.192 e. The smallest absolute Gasteiger partial charge is 0.145 e. The van der Waals surface area contributed by atoms with Crippen molar-refractivity contribution in [2.75, 3.05) is 0 Å². The van der Waals surface area contributed by atoms with Gasteiger partial charge in [-0.15, -0.1) is 0 Å². The molecular formula is C10H5ClN2S. The highest BCUT2D eigenvalue weighted by molar-refractivity contribution is 8.28. The van der Waals surface area contributed by atoms with E-state index in [-0.39, 0.29) is 5.57 Å². The Kier molecular flexibility index (Phi) is 4.07. The summed E-state index contributed by atoms with van der Waals surface area (Å²) in [6.07, 6.45) is 0. The molecule has 1 aromatic carbocycles. The molecule has 0 heterocycles. The van der Waals surface area contributed by atoms with Crippen LogP contribution in [-0.4, -0.2) is 0 Å². The SMILES string of the molecule is N#CC(C#N)=C(SCl)c1ccccc1. The maximum absolute atomic E-state index is 8.69. The average Bonchev–Trinajstić information content (AvgIpc) is 2.27. The van der Waals surface area contributed by atoms with Crippen molar-refractivity contribution < 1.29 is 0 Å². The standard InChI is InChI=1S/C10H5ClN2S/c11-14-10(9(6-12)7-13)8-4-2-1-3-5-8/h1-5H. The quantitative estimate of drug-likeness (QED) is 0.719. The molecule has 2 nitrogen and oxygen atoms in total. The Morgan fingerprint density at radius 2 is 1.71 bits per heavy atom. The van der Waals surface area contributed by atoms with Gasteiger partial charge in [0.1, 0.15) is 17.7 Å². The summed E-state index contributed by atoms with van der Waals surface area (Å²) in [4.78, 5) is 0.497. The Bertz CT molecular complexity index is 410. The second-order valence-corrected chi connectivity index (χ2v) is 3.40. The number of nitrogens with zero attached hydrogens (tertiary/aromatic N) is 2. The Morgan fingerprint density at radius 1 is 1.14 bits per heavy atom. The third kappa shape index (κ3) is 2.29. The van der Waals surface area contributed by atoms with E-state index in [1.54, 1.807) is 12.1 Å². The predicted octanol–water partition coefficient (Wildman–Crippen LogP) is 3.33. The van der Waals surface area contributed by atoms with Crippen LogP contribution in [0.3, 0.4) is 0 Å². The average molecular weight is 221 g/mol. The fraction of sp³-hybridized carbons (Fsp3) is 0. The first-order valence-corrected chi connectivity index (χ1v) is 5.36. The van der Waals surface area contributed by atoms with Crippen LogP contribution >= 0.6 is 21.7 Å².